The number of fused-ring (bicyclic) bond motifs is 2. The van der Waals surface area contributed by atoms with Gasteiger partial charge in [0.2, 0.25) is 0 Å². The first-order valence-corrected chi connectivity index (χ1v) is 5.72. The van der Waals surface area contributed by atoms with Crippen LogP contribution in [0.3, 0.4) is 0 Å². The standard InChI is InChI=1S/C10H12O2S/c1-13-10(12)9-7-3-2-6(4-7)8(9)5-11/h2-3,5-9H,4H2,1H3/t6-,7+,8-,9-/m1/s1. The Hall–Kier alpha value is -0.570. The molecule has 2 aliphatic rings. The molecule has 1 saturated carbocycles. The number of hydrogen-bond donors (Lipinski definition) is 0. The van der Waals surface area contributed by atoms with Crippen LogP contribution in [0.1, 0.15) is 6.42 Å². The second-order valence-electron chi connectivity index (χ2n) is 3.71. The third-order valence-corrected chi connectivity index (χ3v) is 3.83. The summed E-state index contributed by atoms with van der Waals surface area (Å²) in [6.45, 7) is 0. The molecule has 2 aliphatic carbocycles. The quantitative estimate of drug-likeness (QED) is 0.496. The van der Waals surface area contributed by atoms with E-state index in [-0.39, 0.29) is 17.0 Å². The van der Waals surface area contributed by atoms with Crippen molar-refractivity contribution in [3.05, 3.63) is 12.2 Å². The third kappa shape index (κ3) is 1.26. The van der Waals surface area contributed by atoms with Gasteiger partial charge >= 0.3 is 0 Å². The Kier molecular flexibility index (Phi) is 2.28. The van der Waals surface area contributed by atoms with E-state index >= 15 is 0 Å². The van der Waals surface area contributed by atoms with E-state index in [0.29, 0.717) is 11.8 Å². The smallest absolute Gasteiger partial charge is 0.193 e. The molecule has 0 saturated heterocycles. The van der Waals surface area contributed by atoms with E-state index in [0.717, 1.165) is 12.7 Å². The average Bonchev–Trinajstić information content (AvgIpc) is 2.74. The van der Waals surface area contributed by atoms with Crippen LogP contribution in [0.15, 0.2) is 12.2 Å². The summed E-state index contributed by atoms with van der Waals surface area (Å²) in [4.78, 5) is 22.4. The first-order valence-electron chi connectivity index (χ1n) is 4.49. The van der Waals surface area contributed by atoms with Crippen LogP contribution in [0.2, 0.25) is 0 Å². The SMILES string of the molecule is CSC(=O)[C@H]1[C@H](C=O)[C@@H]2C=C[C@H]1C2. The molecule has 2 nitrogen and oxygen atoms in total. The van der Waals surface area contributed by atoms with Crippen LogP contribution < -0.4 is 0 Å². The maximum atomic E-state index is 11.5. The number of aldehydes is 1. The normalized spacial score (nSPS) is 41.0. The number of allylic oxidation sites excluding steroid dienone is 2. The predicted octanol–water partition coefficient (Wildman–Crippen LogP) is 1.51. The van der Waals surface area contributed by atoms with Gasteiger partial charge in [0, 0.05) is 11.8 Å². The lowest BCUT2D eigenvalue weighted by Gasteiger charge is -2.20. The van der Waals surface area contributed by atoms with Gasteiger partial charge in [-0.15, -0.1) is 0 Å². The average molecular weight is 196 g/mol. The molecule has 0 radical (unpaired) electrons. The molecule has 0 aromatic carbocycles. The van der Waals surface area contributed by atoms with Gasteiger partial charge in [-0.1, -0.05) is 23.9 Å². The van der Waals surface area contributed by atoms with Crippen molar-refractivity contribution in [2.24, 2.45) is 23.7 Å². The first kappa shape index (κ1) is 9.00. The van der Waals surface area contributed by atoms with E-state index in [4.69, 9.17) is 0 Å². The van der Waals surface area contributed by atoms with Crippen molar-refractivity contribution < 1.29 is 9.59 Å². The Bertz CT molecular complexity index is 272. The molecule has 0 unspecified atom stereocenters. The topological polar surface area (TPSA) is 34.1 Å². The van der Waals surface area contributed by atoms with Gasteiger partial charge < -0.3 is 4.79 Å². The highest BCUT2D eigenvalue weighted by atomic mass is 32.2. The van der Waals surface area contributed by atoms with Gasteiger partial charge in [-0.25, -0.2) is 0 Å². The lowest BCUT2D eigenvalue weighted by atomic mass is 9.85. The fraction of sp³-hybridized carbons (Fsp3) is 0.600. The molecule has 0 N–H and O–H groups in total. The van der Waals surface area contributed by atoms with Gasteiger partial charge in [-0.3, -0.25) is 4.79 Å². The minimum atomic E-state index is -0.0463. The van der Waals surface area contributed by atoms with Gasteiger partial charge in [-0.2, -0.15) is 0 Å². The summed E-state index contributed by atoms with van der Waals surface area (Å²) < 4.78 is 0. The molecular formula is C10H12O2S. The van der Waals surface area contributed by atoms with Crippen molar-refractivity contribution in [2.45, 2.75) is 6.42 Å². The van der Waals surface area contributed by atoms with Crippen LogP contribution in [-0.4, -0.2) is 17.7 Å². The van der Waals surface area contributed by atoms with E-state index in [1.807, 2.05) is 0 Å². The molecule has 0 heterocycles. The minimum Gasteiger partial charge on any atom is -0.303 e. The van der Waals surface area contributed by atoms with Crippen LogP contribution in [0.25, 0.3) is 0 Å². The highest BCUT2D eigenvalue weighted by Crippen LogP contribution is 2.48. The lowest BCUT2D eigenvalue weighted by Crippen LogP contribution is -2.26. The summed E-state index contributed by atoms with van der Waals surface area (Å²) in [7, 11) is 0. The second-order valence-corrected chi connectivity index (χ2v) is 4.52. The third-order valence-electron chi connectivity index (χ3n) is 3.15. The molecule has 70 valence electrons. The van der Waals surface area contributed by atoms with E-state index in [9.17, 15) is 9.59 Å². The van der Waals surface area contributed by atoms with Gasteiger partial charge in [0.25, 0.3) is 0 Å². The van der Waals surface area contributed by atoms with Crippen molar-refractivity contribution in [2.75, 3.05) is 6.26 Å². The summed E-state index contributed by atoms with van der Waals surface area (Å²) in [5.74, 6) is 0.584. The minimum absolute atomic E-state index is 0.0394. The predicted molar refractivity (Wildman–Crippen MR) is 52.3 cm³/mol. The molecule has 0 amide bonds. The van der Waals surface area contributed by atoms with E-state index in [1.54, 1.807) is 6.26 Å². The highest BCUT2D eigenvalue weighted by molar-refractivity contribution is 8.13. The molecule has 2 rings (SSSR count). The molecule has 0 aromatic rings. The zero-order valence-corrected chi connectivity index (χ0v) is 8.29. The molecule has 0 aliphatic heterocycles. The molecule has 4 atom stereocenters. The van der Waals surface area contributed by atoms with Gasteiger partial charge in [-0.05, 0) is 24.5 Å². The summed E-state index contributed by atoms with van der Waals surface area (Å²) >= 11 is 1.25. The highest BCUT2D eigenvalue weighted by Gasteiger charge is 2.47. The zero-order valence-electron chi connectivity index (χ0n) is 7.47. The van der Waals surface area contributed by atoms with E-state index in [1.165, 1.54) is 11.8 Å². The molecule has 13 heavy (non-hydrogen) atoms. The monoisotopic (exact) mass is 196 g/mol. The Morgan fingerprint density at radius 2 is 2.15 bits per heavy atom. The van der Waals surface area contributed by atoms with Crippen molar-refractivity contribution in [1.82, 2.24) is 0 Å². The van der Waals surface area contributed by atoms with Crippen molar-refractivity contribution in [3.63, 3.8) is 0 Å². The second kappa shape index (κ2) is 3.29. The van der Waals surface area contributed by atoms with Crippen LogP contribution in [0.5, 0.6) is 0 Å². The molecule has 3 heteroatoms. The fourth-order valence-electron chi connectivity index (χ4n) is 2.51. The van der Waals surface area contributed by atoms with Crippen molar-refractivity contribution in [1.29, 1.82) is 0 Å². The van der Waals surface area contributed by atoms with E-state index in [2.05, 4.69) is 12.2 Å². The zero-order chi connectivity index (χ0) is 9.42. The van der Waals surface area contributed by atoms with Crippen LogP contribution in [0.4, 0.5) is 0 Å². The summed E-state index contributed by atoms with van der Waals surface area (Å²) in [6, 6.07) is 0. The fourth-order valence-corrected chi connectivity index (χ4v) is 3.12. The molecule has 0 spiro atoms. The first-order chi connectivity index (χ1) is 6.27. The maximum absolute atomic E-state index is 11.5. The Balaban J connectivity index is 2.23. The van der Waals surface area contributed by atoms with Crippen LogP contribution >= 0.6 is 11.8 Å². The Morgan fingerprint density at radius 1 is 1.46 bits per heavy atom. The Morgan fingerprint density at radius 3 is 2.77 bits per heavy atom. The molecule has 2 bridgehead atoms. The number of thioether (sulfide) groups is 1. The largest absolute Gasteiger partial charge is 0.303 e. The van der Waals surface area contributed by atoms with Crippen molar-refractivity contribution in [3.8, 4) is 0 Å². The molecule has 0 aromatic heterocycles. The summed E-state index contributed by atoms with van der Waals surface area (Å²) in [6.07, 6.45) is 7.95. The molecule has 1 fully saturated rings. The summed E-state index contributed by atoms with van der Waals surface area (Å²) in [5, 5.41) is 0.175. The summed E-state index contributed by atoms with van der Waals surface area (Å²) in [5.41, 5.74) is 0. The van der Waals surface area contributed by atoms with Gasteiger partial charge in [0.1, 0.15) is 6.29 Å². The van der Waals surface area contributed by atoms with Crippen LogP contribution in [-0.2, 0) is 9.59 Å². The van der Waals surface area contributed by atoms with E-state index < -0.39 is 0 Å². The number of carbonyl (C=O) groups is 2. The van der Waals surface area contributed by atoms with Gasteiger partial charge in [0.05, 0.1) is 0 Å². The number of hydrogen-bond acceptors (Lipinski definition) is 3. The van der Waals surface area contributed by atoms with Gasteiger partial charge in [0.15, 0.2) is 5.12 Å². The lowest BCUT2D eigenvalue weighted by molar-refractivity contribution is -0.121. The number of carbonyl (C=O) groups excluding carboxylic acids is 2. The Labute approximate surface area is 81.8 Å². The van der Waals surface area contributed by atoms with Crippen LogP contribution in [0, 0.1) is 23.7 Å². The number of rotatable bonds is 2. The molecular weight excluding hydrogens is 184 g/mol. The van der Waals surface area contributed by atoms with Crippen molar-refractivity contribution >= 4 is 23.2 Å². The maximum Gasteiger partial charge on any atom is 0.193 e.